The summed E-state index contributed by atoms with van der Waals surface area (Å²) in [6.45, 7) is 2.04. The van der Waals surface area contributed by atoms with Gasteiger partial charge < -0.3 is 10.3 Å². The largest absolute Gasteiger partial charge is 0.360 e. The van der Waals surface area contributed by atoms with Crippen molar-refractivity contribution in [1.82, 2.24) is 10.4 Å². The fraction of sp³-hybridized carbons (Fsp3) is 0.0769. The summed E-state index contributed by atoms with van der Waals surface area (Å²) in [6, 6.07) is 11.8. The minimum absolute atomic E-state index is 0.460. The van der Waals surface area contributed by atoms with Gasteiger partial charge in [-0.3, -0.25) is 5.43 Å². The highest BCUT2D eigenvalue weighted by Crippen LogP contribution is 2.07. The van der Waals surface area contributed by atoms with Crippen LogP contribution in [0.3, 0.4) is 0 Å². The Morgan fingerprint density at radius 2 is 2.06 bits per heavy atom. The lowest BCUT2D eigenvalue weighted by atomic mass is 10.2. The Balaban J connectivity index is 1.84. The third kappa shape index (κ3) is 3.71. The second-order valence-electron chi connectivity index (χ2n) is 3.82. The van der Waals surface area contributed by atoms with Crippen LogP contribution in [0.2, 0.25) is 0 Å². The van der Waals surface area contributed by atoms with Crippen LogP contribution in [0.25, 0.3) is 0 Å². The van der Waals surface area contributed by atoms with Crippen LogP contribution in [0.15, 0.2) is 47.7 Å². The fourth-order valence-corrected chi connectivity index (χ4v) is 1.55. The Hall–Kier alpha value is -2.14. The van der Waals surface area contributed by atoms with E-state index in [1.807, 2.05) is 49.5 Å². The molecule has 1 heterocycles. The number of H-pyrrole nitrogens is 1. The fourth-order valence-electron chi connectivity index (χ4n) is 1.38. The van der Waals surface area contributed by atoms with E-state index in [1.54, 1.807) is 6.21 Å². The molecular formula is C13H14N4S. The molecular weight excluding hydrogens is 244 g/mol. The van der Waals surface area contributed by atoms with Gasteiger partial charge in [0.2, 0.25) is 0 Å². The number of aromatic nitrogens is 1. The molecule has 92 valence electrons. The van der Waals surface area contributed by atoms with Gasteiger partial charge in [0.05, 0.1) is 11.9 Å². The molecule has 2 rings (SSSR count). The monoisotopic (exact) mass is 258 g/mol. The summed E-state index contributed by atoms with van der Waals surface area (Å²) in [5.74, 6) is 0. The molecule has 0 saturated carbocycles. The van der Waals surface area contributed by atoms with Crippen molar-refractivity contribution in [3.63, 3.8) is 0 Å². The summed E-state index contributed by atoms with van der Waals surface area (Å²) in [4.78, 5) is 3.01. The van der Waals surface area contributed by atoms with Crippen LogP contribution < -0.4 is 10.7 Å². The highest BCUT2D eigenvalue weighted by Gasteiger charge is 1.95. The highest BCUT2D eigenvalue weighted by molar-refractivity contribution is 7.80. The van der Waals surface area contributed by atoms with E-state index in [9.17, 15) is 0 Å². The van der Waals surface area contributed by atoms with E-state index < -0.39 is 0 Å². The molecule has 0 aliphatic heterocycles. The van der Waals surface area contributed by atoms with Crippen molar-refractivity contribution >= 4 is 29.2 Å². The lowest BCUT2D eigenvalue weighted by Crippen LogP contribution is -2.23. The van der Waals surface area contributed by atoms with Crippen LogP contribution in [0.5, 0.6) is 0 Å². The zero-order chi connectivity index (χ0) is 12.8. The van der Waals surface area contributed by atoms with Gasteiger partial charge in [-0.2, -0.15) is 5.10 Å². The van der Waals surface area contributed by atoms with Crippen molar-refractivity contribution in [2.45, 2.75) is 6.92 Å². The highest BCUT2D eigenvalue weighted by atomic mass is 32.1. The predicted molar refractivity (Wildman–Crippen MR) is 78.9 cm³/mol. The number of nitrogens with one attached hydrogen (secondary N) is 3. The first-order chi connectivity index (χ1) is 8.74. The molecule has 0 fully saturated rings. The minimum Gasteiger partial charge on any atom is -0.360 e. The first-order valence-corrected chi connectivity index (χ1v) is 5.95. The van der Waals surface area contributed by atoms with Gasteiger partial charge in [0.25, 0.3) is 0 Å². The standard InChI is InChI=1S/C13H14N4S/c1-10-4-6-11(7-5-10)16-13(18)17-15-9-12-3-2-8-14-12/h2-9,14H,1H3,(H2,16,17,18). The Kier molecular flexibility index (Phi) is 4.09. The van der Waals surface area contributed by atoms with Gasteiger partial charge in [-0.05, 0) is 43.4 Å². The average Bonchev–Trinajstić information content (AvgIpc) is 2.85. The maximum atomic E-state index is 5.12. The number of rotatable bonds is 3. The SMILES string of the molecule is Cc1ccc(NC(=S)NN=Cc2ccc[nH]2)cc1. The third-order valence-electron chi connectivity index (χ3n) is 2.30. The molecule has 4 nitrogen and oxygen atoms in total. The van der Waals surface area contributed by atoms with Gasteiger partial charge in [0.1, 0.15) is 0 Å². The van der Waals surface area contributed by atoms with Crippen LogP contribution in [-0.4, -0.2) is 16.3 Å². The van der Waals surface area contributed by atoms with E-state index in [-0.39, 0.29) is 0 Å². The summed E-state index contributed by atoms with van der Waals surface area (Å²) < 4.78 is 0. The number of aromatic amines is 1. The van der Waals surface area contributed by atoms with Gasteiger partial charge in [0, 0.05) is 11.9 Å². The number of nitrogens with zero attached hydrogens (tertiary/aromatic N) is 1. The van der Waals surface area contributed by atoms with E-state index in [4.69, 9.17) is 12.2 Å². The van der Waals surface area contributed by atoms with Gasteiger partial charge in [-0.1, -0.05) is 17.7 Å². The molecule has 0 unspecified atom stereocenters. The molecule has 0 radical (unpaired) electrons. The van der Waals surface area contributed by atoms with E-state index in [2.05, 4.69) is 20.8 Å². The van der Waals surface area contributed by atoms with Crippen molar-refractivity contribution in [3.05, 3.63) is 53.9 Å². The Bertz CT molecular complexity index is 529. The zero-order valence-corrected chi connectivity index (χ0v) is 10.8. The van der Waals surface area contributed by atoms with Crippen molar-refractivity contribution in [3.8, 4) is 0 Å². The van der Waals surface area contributed by atoms with Crippen molar-refractivity contribution in [2.75, 3.05) is 5.32 Å². The summed E-state index contributed by atoms with van der Waals surface area (Å²) in [5, 5.41) is 7.52. The number of aryl methyl sites for hydroxylation is 1. The Labute approximate surface area is 111 Å². The minimum atomic E-state index is 0.460. The molecule has 0 saturated heterocycles. The van der Waals surface area contributed by atoms with Crippen molar-refractivity contribution in [2.24, 2.45) is 5.10 Å². The van der Waals surface area contributed by atoms with Crippen LogP contribution in [-0.2, 0) is 0 Å². The van der Waals surface area contributed by atoms with Crippen LogP contribution in [0, 0.1) is 6.92 Å². The van der Waals surface area contributed by atoms with E-state index in [0.717, 1.165) is 11.4 Å². The molecule has 1 aromatic heterocycles. The summed E-state index contributed by atoms with van der Waals surface area (Å²) >= 11 is 5.12. The van der Waals surface area contributed by atoms with Gasteiger partial charge in [-0.25, -0.2) is 0 Å². The number of hydrogen-bond donors (Lipinski definition) is 3. The van der Waals surface area contributed by atoms with Crippen LogP contribution in [0.4, 0.5) is 5.69 Å². The molecule has 0 atom stereocenters. The first kappa shape index (κ1) is 12.3. The molecule has 18 heavy (non-hydrogen) atoms. The summed E-state index contributed by atoms with van der Waals surface area (Å²) in [5.41, 5.74) is 5.82. The van der Waals surface area contributed by atoms with E-state index in [1.165, 1.54) is 5.56 Å². The average molecular weight is 258 g/mol. The molecule has 0 spiro atoms. The zero-order valence-electron chi connectivity index (χ0n) is 9.97. The predicted octanol–water partition coefficient (Wildman–Crippen LogP) is 2.64. The molecule has 0 aliphatic carbocycles. The molecule has 5 heteroatoms. The topological polar surface area (TPSA) is 52.2 Å². The molecule has 0 bridgehead atoms. The molecule has 3 N–H and O–H groups in total. The van der Waals surface area contributed by atoms with Crippen molar-refractivity contribution < 1.29 is 0 Å². The number of benzene rings is 1. The third-order valence-corrected chi connectivity index (χ3v) is 2.49. The smallest absolute Gasteiger partial charge is 0.191 e. The number of hydrogen-bond acceptors (Lipinski definition) is 2. The van der Waals surface area contributed by atoms with Crippen LogP contribution >= 0.6 is 12.2 Å². The molecule has 2 aromatic rings. The molecule has 0 aliphatic rings. The van der Waals surface area contributed by atoms with Gasteiger partial charge >= 0.3 is 0 Å². The number of hydrazone groups is 1. The Morgan fingerprint density at radius 1 is 1.28 bits per heavy atom. The second-order valence-corrected chi connectivity index (χ2v) is 4.22. The Morgan fingerprint density at radius 3 is 2.72 bits per heavy atom. The lowest BCUT2D eigenvalue weighted by molar-refractivity contribution is 1.05. The normalized spacial score (nSPS) is 10.5. The molecule has 0 amide bonds. The van der Waals surface area contributed by atoms with Gasteiger partial charge in [0.15, 0.2) is 5.11 Å². The molecule has 1 aromatic carbocycles. The first-order valence-electron chi connectivity index (χ1n) is 5.54. The lowest BCUT2D eigenvalue weighted by Gasteiger charge is -2.06. The summed E-state index contributed by atoms with van der Waals surface area (Å²) in [7, 11) is 0. The second kappa shape index (κ2) is 5.97. The van der Waals surface area contributed by atoms with E-state index in [0.29, 0.717) is 5.11 Å². The maximum Gasteiger partial charge on any atom is 0.191 e. The number of thiocarbonyl (C=S) groups is 1. The quantitative estimate of drug-likeness (QED) is 0.451. The van der Waals surface area contributed by atoms with Crippen LogP contribution in [0.1, 0.15) is 11.3 Å². The number of anilines is 1. The van der Waals surface area contributed by atoms with E-state index >= 15 is 0 Å². The maximum absolute atomic E-state index is 5.12. The van der Waals surface area contributed by atoms with Crippen molar-refractivity contribution in [1.29, 1.82) is 0 Å². The van der Waals surface area contributed by atoms with Gasteiger partial charge in [-0.15, -0.1) is 0 Å². The summed E-state index contributed by atoms with van der Waals surface area (Å²) in [6.07, 6.45) is 3.51.